The number of fused-ring (bicyclic) bond motifs is 2. The lowest BCUT2D eigenvalue weighted by Crippen LogP contribution is -2.53. The molecule has 0 spiro atoms. The number of anilines is 1. The van der Waals surface area contributed by atoms with Gasteiger partial charge in [0.05, 0.1) is 18.3 Å². The smallest absolute Gasteiger partial charge is 0.262 e. The van der Waals surface area contributed by atoms with Crippen LogP contribution in [0.5, 0.6) is 5.75 Å². The monoisotopic (exact) mass is 405 g/mol. The highest BCUT2D eigenvalue weighted by atomic mass is 16.5. The van der Waals surface area contributed by atoms with E-state index in [1.54, 1.807) is 0 Å². The van der Waals surface area contributed by atoms with Crippen LogP contribution in [0.1, 0.15) is 36.3 Å². The lowest BCUT2D eigenvalue weighted by Gasteiger charge is -2.38. The molecule has 3 aromatic rings. The molecule has 1 aromatic heterocycles. The van der Waals surface area contributed by atoms with Gasteiger partial charge in [-0.05, 0) is 38.5 Å². The Bertz CT molecular complexity index is 1090. The number of carbonyl (C=O) groups is 2. The van der Waals surface area contributed by atoms with Crippen LogP contribution in [0.3, 0.4) is 0 Å². The number of aromatic nitrogens is 1. The molecule has 0 saturated heterocycles. The summed E-state index contributed by atoms with van der Waals surface area (Å²) in [4.78, 5) is 31.5. The predicted molar refractivity (Wildman–Crippen MR) is 118 cm³/mol. The van der Waals surface area contributed by atoms with E-state index in [0.29, 0.717) is 24.4 Å². The number of aryl methyl sites for hydroxylation is 1. The molecular weight excluding hydrogens is 378 g/mol. The van der Waals surface area contributed by atoms with Crippen LogP contribution < -0.4 is 15.0 Å². The Kier molecular flexibility index (Phi) is 5.48. The van der Waals surface area contributed by atoms with Crippen molar-refractivity contribution in [3.8, 4) is 5.75 Å². The molecule has 2 N–H and O–H groups in total. The van der Waals surface area contributed by atoms with Crippen molar-refractivity contribution in [2.45, 2.75) is 39.3 Å². The number of hydrogen-bond donors (Lipinski definition) is 2. The van der Waals surface area contributed by atoms with Crippen molar-refractivity contribution in [3.63, 3.8) is 0 Å². The minimum absolute atomic E-state index is 0.0226. The first-order chi connectivity index (χ1) is 14.5. The summed E-state index contributed by atoms with van der Waals surface area (Å²) in [6.45, 7) is 6.75. The fourth-order valence-corrected chi connectivity index (χ4v) is 4.07. The van der Waals surface area contributed by atoms with Gasteiger partial charge in [0.25, 0.3) is 5.91 Å². The van der Waals surface area contributed by atoms with Crippen molar-refractivity contribution in [2.24, 2.45) is 0 Å². The molecule has 2 atom stereocenters. The van der Waals surface area contributed by atoms with Crippen LogP contribution in [0.2, 0.25) is 0 Å². The van der Waals surface area contributed by atoms with Crippen LogP contribution in [0.15, 0.2) is 48.5 Å². The fraction of sp³-hybridized carbons (Fsp3) is 0.333. The Hall–Kier alpha value is -3.28. The molecule has 2 aromatic carbocycles. The number of ketones is 1. The van der Waals surface area contributed by atoms with Gasteiger partial charge in [-0.2, -0.15) is 0 Å². The number of carbonyl (C=O) groups excluding carboxylic acids is 2. The molecule has 0 bridgehead atoms. The summed E-state index contributed by atoms with van der Waals surface area (Å²) in [5.74, 6) is 0.490. The first-order valence-electron chi connectivity index (χ1n) is 10.4. The van der Waals surface area contributed by atoms with E-state index in [1.807, 2.05) is 74.2 Å². The zero-order valence-electron chi connectivity index (χ0n) is 17.6. The highest BCUT2D eigenvalue weighted by Gasteiger charge is 2.36. The molecule has 0 unspecified atom stereocenters. The van der Waals surface area contributed by atoms with Crippen LogP contribution >= 0.6 is 0 Å². The summed E-state index contributed by atoms with van der Waals surface area (Å²) in [6.07, 6.45) is 0.193. The van der Waals surface area contributed by atoms with Gasteiger partial charge in [0, 0.05) is 28.7 Å². The number of amides is 1. The molecule has 2 heterocycles. The Morgan fingerprint density at radius 1 is 1.20 bits per heavy atom. The van der Waals surface area contributed by atoms with Gasteiger partial charge in [-0.1, -0.05) is 37.3 Å². The third-order valence-corrected chi connectivity index (χ3v) is 5.64. The zero-order valence-corrected chi connectivity index (χ0v) is 17.6. The van der Waals surface area contributed by atoms with Gasteiger partial charge in [0.1, 0.15) is 5.75 Å². The second-order valence-electron chi connectivity index (χ2n) is 7.73. The third-order valence-electron chi connectivity index (χ3n) is 5.64. The van der Waals surface area contributed by atoms with Gasteiger partial charge in [-0.3, -0.25) is 9.59 Å². The Balaban J connectivity index is 1.67. The molecule has 1 amide bonds. The summed E-state index contributed by atoms with van der Waals surface area (Å²) in [5.41, 5.74) is 3.33. The summed E-state index contributed by atoms with van der Waals surface area (Å²) >= 11 is 0. The van der Waals surface area contributed by atoms with Crippen LogP contribution in [-0.4, -0.2) is 41.9 Å². The molecule has 1 aliphatic rings. The van der Waals surface area contributed by atoms with E-state index in [1.165, 1.54) is 0 Å². The maximum absolute atomic E-state index is 13.6. The lowest BCUT2D eigenvalue weighted by molar-refractivity contribution is -0.127. The first kappa shape index (κ1) is 20.0. The van der Waals surface area contributed by atoms with E-state index in [2.05, 4.69) is 10.3 Å². The molecule has 0 radical (unpaired) electrons. The second kappa shape index (κ2) is 8.22. The molecule has 0 fully saturated rings. The van der Waals surface area contributed by atoms with Gasteiger partial charge in [0.15, 0.2) is 11.9 Å². The number of H-pyrrole nitrogens is 1. The number of ether oxygens (including phenoxy) is 1. The highest BCUT2D eigenvalue weighted by molar-refractivity contribution is 6.12. The second-order valence-corrected chi connectivity index (χ2v) is 7.73. The number of aromatic amines is 1. The Labute approximate surface area is 176 Å². The lowest BCUT2D eigenvalue weighted by atomic mass is 9.99. The average molecular weight is 405 g/mol. The minimum Gasteiger partial charge on any atom is -0.477 e. The van der Waals surface area contributed by atoms with E-state index in [4.69, 9.17) is 4.74 Å². The molecule has 1 aliphatic heterocycles. The molecule has 156 valence electrons. The molecule has 6 nitrogen and oxygen atoms in total. The average Bonchev–Trinajstić information content (AvgIpc) is 3.11. The number of rotatable bonds is 6. The van der Waals surface area contributed by atoms with Crippen molar-refractivity contribution >= 4 is 28.3 Å². The van der Waals surface area contributed by atoms with E-state index < -0.39 is 12.1 Å². The Morgan fingerprint density at radius 3 is 2.73 bits per heavy atom. The number of nitrogens with zero attached hydrogens (tertiary/aromatic N) is 1. The molecule has 30 heavy (non-hydrogen) atoms. The van der Waals surface area contributed by atoms with E-state index in [-0.39, 0.29) is 11.7 Å². The number of hydrogen-bond acceptors (Lipinski definition) is 4. The van der Waals surface area contributed by atoms with Gasteiger partial charge >= 0.3 is 0 Å². The first-order valence-corrected chi connectivity index (χ1v) is 10.4. The molecule has 6 heteroatoms. The predicted octanol–water partition coefficient (Wildman–Crippen LogP) is 3.84. The summed E-state index contributed by atoms with van der Waals surface area (Å²) in [5, 5.41) is 3.82. The highest BCUT2D eigenvalue weighted by Crippen LogP contribution is 2.35. The number of nitrogens with one attached hydrogen (secondary N) is 2. The molecule has 4 rings (SSSR count). The Morgan fingerprint density at radius 2 is 1.93 bits per heavy atom. The van der Waals surface area contributed by atoms with Crippen LogP contribution in [0, 0.1) is 6.92 Å². The van der Waals surface area contributed by atoms with Crippen LogP contribution in [-0.2, 0) is 4.79 Å². The fourth-order valence-electron chi connectivity index (χ4n) is 4.07. The third kappa shape index (κ3) is 3.54. The van der Waals surface area contributed by atoms with E-state index in [9.17, 15) is 9.59 Å². The molecule has 0 saturated carbocycles. The van der Waals surface area contributed by atoms with Gasteiger partial charge in [-0.15, -0.1) is 0 Å². The van der Waals surface area contributed by atoms with E-state index >= 15 is 0 Å². The maximum Gasteiger partial charge on any atom is 0.262 e. The van der Waals surface area contributed by atoms with Crippen molar-refractivity contribution in [1.82, 2.24) is 10.3 Å². The molecule has 0 aliphatic carbocycles. The van der Waals surface area contributed by atoms with E-state index in [0.717, 1.165) is 28.7 Å². The standard InChI is InChI=1S/C24H27N3O3/c1-4-13-25-24(29)21-14-27(19-11-7-8-12-20(19)30-21)16(3)23(28)22-15(2)26-18-10-6-5-9-17(18)22/h5-12,16,21,26H,4,13-14H2,1-3H3,(H,25,29)/t16-,21+/m0/s1. The number of para-hydroxylation sites is 3. The van der Waals surface area contributed by atoms with Crippen molar-refractivity contribution < 1.29 is 14.3 Å². The van der Waals surface area contributed by atoms with Gasteiger partial charge in [0.2, 0.25) is 0 Å². The zero-order chi connectivity index (χ0) is 21.3. The SMILES string of the molecule is CCCNC(=O)[C@H]1CN([C@@H](C)C(=O)c2c(C)[nH]c3ccccc23)c2ccccc2O1. The topological polar surface area (TPSA) is 74.4 Å². The normalized spacial score (nSPS) is 16.6. The summed E-state index contributed by atoms with van der Waals surface area (Å²) in [7, 11) is 0. The van der Waals surface area contributed by atoms with Crippen LogP contribution in [0.4, 0.5) is 5.69 Å². The van der Waals surface area contributed by atoms with Crippen molar-refractivity contribution in [2.75, 3.05) is 18.0 Å². The largest absolute Gasteiger partial charge is 0.477 e. The summed E-state index contributed by atoms with van der Waals surface area (Å²) in [6, 6.07) is 14.9. The summed E-state index contributed by atoms with van der Waals surface area (Å²) < 4.78 is 5.96. The van der Waals surface area contributed by atoms with Crippen molar-refractivity contribution in [3.05, 3.63) is 59.8 Å². The molecular formula is C24H27N3O3. The van der Waals surface area contributed by atoms with Gasteiger partial charge in [-0.25, -0.2) is 0 Å². The number of Topliss-reactive ketones (excluding diaryl/α,β-unsaturated/α-hetero) is 1. The number of benzene rings is 2. The maximum atomic E-state index is 13.6. The van der Waals surface area contributed by atoms with Crippen molar-refractivity contribution in [1.29, 1.82) is 0 Å². The van der Waals surface area contributed by atoms with Crippen LogP contribution in [0.25, 0.3) is 10.9 Å². The minimum atomic E-state index is -0.661. The van der Waals surface area contributed by atoms with Gasteiger partial charge < -0.3 is 19.9 Å². The quantitative estimate of drug-likeness (QED) is 0.611.